The number of piperazine rings is 2. The number of rotatable bonds is 21. The quantitative estimate of drug-likeness (QED) is 0.0313. The summed E-state index contributed by atoms with van der Waals surface area (Å²) in [5.41, 5.74) is 14.0. The van der Waals surface area contributed by atoms with Gasteiger partial charge < -0.3 is 50.7 Å². The number of fused-ring (bicyclic) bond motifs is 2. The highest BCUT2D eigenvalue weighted by Crippen LogP contribution is 2.39. The molecule has 0 unspecified atom stereocenters. The Balaban J connectivity index is 0.639. The van der Waals surface area contributed by atoms with Gasteiger partial charge in [0.1, 0.15) is 23.0 Å². The van der Waals surface area contributed by atoms with Gasteiger partial charge in [-0.2, -0.15) is 4.99 Å². The van der Waals surface area contributed by atoms with Crippen molar-refractivity contribution in [3.8, 4) is 0 Å². The molecule has 2 aromatic heterocycles. The molecule has 4 aliphatic rings. The Morgan fingerprint density at radius 1 is 0.681 bits per heavy atom. The molecule has 2 aliphatic carbocycles. The van der Waals surface area contributed by atoms with E-state index in [0.29, 0.717) is 112 Å². The van der Waals surface area contributed by atoms with Crippen molar-refractivity contribution in [3.63, 3.8) is 0 Å². The fourth-order valence-corrected chi connectivity index (χ4v) is 9.86. The number of nitrogens with two attached hydrogens (primary N) is 2. The molecule has 370 valence electrons. The number of pyridine rings is 2. The molecular weight excluding hydrogens is 883 g/mol. The van der Waals surface area contributed by atoms with Crippen molar-refractivity contribution >= 4 is 62.6 Å². The Morgan fingerprint density at radius 3 is 1.75 bits per heavy atom. The molecule has 4 aromatic rings. The van der Waals surface area contributed by atoms with Gasteiger partial charge in [0.25, 0.3) is 0 Å². The molecule has 2 saturated heterocycles. The fourth-order valence-electron chi connectivity index (χ4n) is 9.86. The maximum Gasteiger partial charge on any atom is 0.341 e. The van der Waals surface area contributed by atoms with E-state index < -0.39 is 17.2 Å². The summed E-state index contributed by atoms with van der Waals surface area (Å²) in [6.07, 6.45) is 20.6. The first kappa shape index (κ1) is 49.1. The van der Waals surface area contributed by atoms with Crippen molar-refractivity contribution < 1.29 is 18.7 Å². The SMILES string of the molecule is N=C(CCCCCCCCCCCCCN=C(N)N=C(N)N1CCN(c2cc3c(cc2F)c(=O)c(C(=O)O)cn3C2CC2)CC1)CC(=N)N1CCN(c2cc3c(cc2F)c(=O)ccn3C2CC2)CC1. The van der Waals surface area contributed by atoms with Crippen molar-refractivity contribution in [2.45, 2.75) is 121 Å². The topological polar surface area (TPSA) is 219 Å². The lowest BCUT2D eigenvalue weighted by Gasteiger charge is -2.37. The number of carboxylic acids is 1. The standard InChI is InChI=1S/C51H68F2N12O4/c52-40-29-37-42(64(35-13-14-35)19-17-46(37)66)31-44(40)60-20-24-62(25-21-60)47(55)28-34(54)12-10-8-6-4-2-1-3-5-7-9-11-18-58-50(56)59-51(57)63-26-22-61(23-27-63)45-32-43-38(30-41(45)53)48(67)39(49(68)69)33-65(43)36-15-16-36/h17,19,29-33,35-36,54-55H,1-16,18,20-28H2,(H,68,69)(H4,56,57,58,59). The second-order valence-electron chi connectivity index (χ2n) is 19.3. The molecule has 0 bridgehead atoms. The van der Waals surface area contributed by atoms with Gasteiger partial charge in [0, 0.05) is 112 Å². The van der Waals surface area contributed by atoms with E-state index in [1.165, 1.54) is 50.4 Å². The van der Waals surface area contributed by atoms with Crippen molar-refractivity contribution in [1.82, 2.24) is 18.9 Å². The summed E-state index contributed by atoms with van der Waals surface area (Å²) in [5, 5.41) is 27.2. The fraction of sp³-hybridized carbons (Fsp3) is 0.549. The lowest BCUT2D eigenvalue weighted by molar-refractivity contribution is 0.0694. The molecule has 8 rings (SSSR count). The third kappa shape index (κ3) is 12.3. The lowest BCUT2D eigenvalue weighted by Crippen LogP contribution is -2.51. The highest BCUT2D eigenvalue weighted by molar-refractivity contribution is 6.01. The van der Waals surface area contributed by atoms with Gasteiger partial charge in [-0.15, -0.1) is 0 Å². The van der Waals surface area contributed by atoms with Crippen LogP contribution in [-0.2, 0) is 0 Å². The van der Waals surface area contributed by atoms with E-state index in [0.717, 1.165) is 75.8 Å². The number of hydrogen-bond donors (Lipinski definition) is 5. The first-order valence-electron chi connectivity index (χ1n) is 25.1. The zero-order chi connectivity index (χ0) is 48.6. The van der Waals surface area contributed by atoms with Crippen LogP contribution in [0, 0.1) is 22.5 Å². The van der Waals surface area contributed by atoms with Gasteiger partial charge in [-0.1, -0.05) is 57.8 Å². The minimum atomic E-state index is -1.32. The first-order chi connectivity index (χ1) is 33.4. The monoisotopic (exact) mass is 951 g/mol. The summed E-state index contributed by atoms with van der Waals surface area (Å²) in [5.74, 6) is -1.41. The third-order valence-corrected chi connectivity index (χ3v) is 14.2. The summed E-state index contributed by atoms with van der Waals surface area (Å²) < 4.78 is 34.6. The normalized spacial score (nSPS) is 17.1. The van der Waals surface area contributed by atoms with Gasteiger partial charge in [-0.3, -0.25) is 20.0 Å². The van der Waals surface area contributed by atoms with Gasteiger partial charge in [-0.25, -0.2) is 13.6 Å². The number of nitrogens with one attached hydrogen (secondary N) is 2. The maximum atomic E-state index is 15.4. The van der Waals surface area contributed by atoms with Crippen LogP contribution >= 0.6 is 0 Å². The molecule has 7 N–H and O–H groups in total. The average molecular weight is 951 g/mol. The number of carboxylic acid groups (broad SMARTS) is 1. The number of amidine groups is 1. The van der Waals surface area contributed by atoms with Crippen molar-refractivity contribution in [2.24, 2.45) is 21.5 Å². The summed E-state index contributed by atoms with van der Waals surface area (Å²) in [7, 11) is 0. The number of aliphatic imine (C=N–C) groups is 2. The van der Waals surface area contributed by atoms with Crippen LogP contribution in [0.25, 0.3) is 21.8 Å². The molecule has 18 heteroatoms. The van der Waals surface area contributed by atoms with Crippen molar-refractivity contribution in [3.05, 3.63) is 80.4 Å². The van der Waals surface area contributed by atoms with Crippen LogP contribution in [0.1, 0.15) is 132 Å². The number of anilines is 2. The number of hydrogen-bond acceptors (Lipinski definition) is 8. The summed E-state index contributed by atoms with van der Waals surface area (Å²) in [6.45, 7) is 4.85. The summed E-state index contributed by atoms with van der Waals surface area (Å²) in [4.78, 5) is 53.6. The second kappa shape index (κ2) is 22.4. The molecule has 4 heterocycles. The Labute approximate surface area is 401 Å². The molecule has 0 amide bonds. The molecule has 16 nitrogen and oxygen atoms in total. The van der Waals surface area contributed by atoms with E-state index in [2.05, 4.69) is 14.6 Å². The van der Waals surface area contributed by atoms with Gasteiger partial charge in [-0.05, 0) is 69.2 Å². The molecule has 2 saturated carbocycles. The zero-order valence-electron chi connectivity index (χ0n) is 39.7. The van der Waals surface area contributed by atoms with Crippen LogP contribution in [0.4, 0.5) is 20.2 Å². The van der Waals surface area contributed by atoms with Crippen molar-refractivity contribution in [1.29, 1.82) is 10.8 Å². The van der Waals surface area contributed by atoms with E-state index >= 15 is 8.78 Å². The molecule has 69 heavy (non-hydrogen) atoms. The molecular formula is C51H68F2N12O4. The average Bonchev–Trinajstić information content (AvgIpc) is 4.28. The molecule has 0 radical (unpaired) electrons. The number of aromatic nitrogens is 2. The van der Waals surface area contributed by atoms with E-state index in [9.17, 15) is 19.5 Å². The smallest absolute Gasteiger partial charge is 0.341 e. The van der Waals surface area contributed by atoms with Crippen LogP contribution in [0.15, 0.2) is 62.3 Å². The number of halogens is 2. The minimum Gasteiger partial charge on any atom is -0.477 e. The molecule has 2 aromatic carbocycles. The van der Waals surface area contributed by atoms with Crippen LogP contribution in [-0.4, -0.2) is 112 Å². The lowest BCUT2D eigenvalue weighted by atomic mass is 10.0. The van der Waals surface area contributed by atoms with E-state index in [4.69, 9.17) is 22.3 Å². The number of nitrogens with zero attached hydrogens (tertiary/aromatic N) is 8. The van der Waals surface area contributed by atoms with Gasteiger partial charge in [0.05, 0.1) is 22.4 Å². The Kier molecular flexibility index (Phi) is 15.9. The van der Waals surface area contributed by atoms with Crippen molar-refractivity contribution in [2.75, 3.05) is 68.7 Å². The van der Waals surface area contributed by atoms with Crippen LogP contribution in [0.2, 0.25) is 0 Å². The third-order valence-electron chi connectivity index (χ3n) is 14.2. The number of aromatic carboxylic acids is 1. The first-order valence-corrected chi connectivity index (χ1v) is 25.1. The zero-order valence-corrected chi connectivity index (χ0v) is 39.7. The van der Waals surface area contributed by atoms with Crippen LogP contribution in [0.3, 0.4) is 0 Å². The van der Waals surface area contributed by atoms with E-state index in [-0.39, 0.29) is 40.2 Å². The second-order valence-corrected chi connectivity index (χ2v) is 19.3. The van der Waals surface area contributed by atoms with Gasteiger partial charge in [0.2, 0.25) is 11.4 Å². The Hall–Kier alpha value is -6.33. The Bertz CT molecular complexity index is 2710. The van der Waals surface area contributed by atoms with Crippen LogP contribution in [0.5, 0.6) is 0 Å². The summed E-state index contributed by atoms with van der Waals surface area (Å²) in [6, 6.07) is 8.03. The Morgan fingerprint density at radius 2 is 1.19 bits per heavy atom. The molecule has 0 atom stereocenters. The van der Waals surface area contributed by atoms with Gasteiger partial charge >= 0.3 is 5.97 Å². The maximum absolute atomic E-state index is 15.4. The highest BCUT2D eigenvalue weighted by atomic mass is 19.1. The van der Waals surface area contributed by atoms with Gasteiger partial charge in [0.15, 0.2) is 11.4 Å². The van der Waals surface area contributed by atoms with Crippen LogP contribution < -0.4 is 32.1 Å². The molecule has 2 aliphatic heterocycles. The molecule has 0 spiro atoms. The number of guanidine groups is 2. The molecule has 4 fully saturated rings. The minimum absolute atomic E-state index is 0.0717. The number of benzene rings is 2. The number of carbonyl (C=O) groups is 1. The summed E-state index contributed by atoms with van der Waals surface area (Å²) >= 11 is 0. The largest absolute Gasteiger partial charge is 0.477 e. The predicted molar refractivity (Wildman–Crippen MR) is 271 cm³/mol. The highest BCUT2D eigenvalue weighted by Gasteiger charge is 2.30. The number of unbranched alkanes of at least 4 members (excludes halogenated alkanes) is 10. The predicted octanol–water partition coefficient (Wildman–Crippen LogP) is 7.60. The van der Waals surface area contributed by atoms with E-state index in [1.807, 2.05) is 31.9 Å². The van der Waals surface area contributed by atoms with E-state index in [1.54, 1.807) is 10.6 Å².